The van der Waals surface area contributed by atoms with E-state index in [1.807, 2.05) is 0 Å². The number of phosphoric acid groups is 3. The molecule has 4 rings (SSSR count). The summed E-state index contributed by atoms with van der Waals surface area (Å²) in [5.74, 6) is -1.02. The van der Waals surface area contributed by atoms with Gasteiger partial charge in [-0.15, -0.1) is 0 Å². The quantitative estimate of drug-likeness (QED) is 0.0513. The van der Waals surface area contributed by atoms with E-state index in [-0.39, 0.29) is 36.4 Å². The summed E-state index contributed by atoms with van der Waals surface area (Å²) >= 11 is 0. The number of imidazole rings is 1. The van der Waals surface area contributed by atoms with Crippen LogP contribution in [0.5, 0.6) is 0 Å². The number of nitrogens with one attached hydrogen (secondary N) is 1. The van der Waals surface area contributed by atoms with Crippen molar-refractivity contribution in [2.24, 2.45) is 11.0 Å². The van der Waals surface area contributed by atoms with E-state index in [9.17, 15) is 28.3 Å². The topological polar surface area (TPSA) is 320 Å². The number of fused-ring (bicyclic) bond motifs is 1. The van der Waals surface area contributed by atoms with Gasteiger partial charge in [0, 0.05) is 17.5 Å². The van der Waals surface area contributed by atoms with Crippen LogP contribution in [0.1, 0.15) is 35.1 Å². The van der Waals surface area contributed by atoms with Crippen molar-refractivity contribution in [3.8, 4) is 0 Å². The lowest BCUT2D eigenvalue weighted by atomic mass is 9.93. The molecular formula is C17H22N9O12P3. The third-order valence-corrected chi connectivity index (χ3v) is 9.54. The number of hydrogen-bond acceptors (Lipinski definition) is 13. The third kappa shape index (κ3) is 7.84. The van der Waals surface area contributed by atoms with Crippen LogP contribution in [0.4, 0.5) is 5.82 Å². The smallest absolute Gasteiger partial charge is 0.382 e. The van der Waals surface area contributed by atoms with Crippen LogP contribution in [0, 0.1) is 5.92 Å². The Balaban J connectivity index is 1.55. The molecule has 24 heteroatoms. The number of carbonyl (C=O) groups is 1. The van der Waals surface area contributed by atoms with Crippen LogP contribution in [0.15, 0.2) is 30.0 Å². The zero-order valence-corrected chi connectivity index (χ0v) is 23.2. The van der Waals surface area contributed by atoms with Crippen molar-refractivity contribution in [1.82, 2.24) is 24.5 Å². The van der Waals surface area contributed by atoms with E-state index in [0.29, 0.717) is 11.2 Å². The molecule has 0 aliphatic carbocycles. The van der Waals surface area contributed by atoms with Gasteiger partial charge in [-0.2, -0.15) is 8.62 Å². The minimum Gasteiger partial charge on any atom is -0.382 e. The molecule has 0 aromatic carbocycles. The molecule has 1 aliphatic heterocycles. The predicted octanol–water partition coefficient (Wildman–Crippen LogP) is 2.07. The van der Waals surface area contributed by atoms with E-state index in [2.05, 4.69) is 38.6 Å². The van der Waals surface area contributed by atoms with Gasteiger partial charge in [0.15, 0.2) is 17.2 Å². The number of anilines is 1. The maximum Gasteiger partial charge on any atom is 0.490 e. The first-order chi connectivity index (χ1) is 19.2. The van der Waals surface area contributed by atoms with Gasteiger partial charge in [0.05, 0.1) is 31.3 Å². The van der Waals surface area contributed by atoms with Gasteiger partial charge in [0.1, 0.15) is 18.1 Å². The highest BCUT2D eigenvalue weighted by Gasteiger charge is 2.44. The van der Waals surface area contributed by atoms with E-state index in [1.165, 1.54) is 23.4 Å². The number of H-pyrrole nitrogens is 1. The molecule has 222 valence electrons. The van der Waals surface area contributed by atoms with Gasteiger partial charge in [-0.05, 0) is 29.5 Å². The number of aromatic amines is 1. The number of ether oxygens (including phenoxy) is 1. The number of ketones is 1. The molecule has 41 heavy (non-hydrogen) atoms. The second kappa shape index (κ2) is 12.1. The van der Waals surface area contributed by atoms with Crippen LogP contribution in [0.25, 0.3) is 21.6 Å². The summed E-state index contributed by atoms with van der Waals surface area (Å²) in [4.78, 5) is 67.4. The first kappa shape index (κ1) is 30.9. The Morgan fingerprint density at radius 3 is 2.68 bits per heavy atom. The zero-order valence-electron chi connectivity index (χ0n) is 20.5. The SMILES string of the molecule is [N-]=[N+]=NCc1cc[nH]c1C(=O)CC1C[C@H](n2cnc3c(N)ncnc32)O[C@@H]1COP(=O)(O)OP(=O)(O)OP(=O)(O)O. The van der Waals surface area contributed by atoms with E-state index in [1.54, 1.807) is 6.07 Å². The van der Waals surface area contributed by atoms with Gasteiger partial charge >= 0.3 is 23.5 Å². The van der Waals surface area contributed by atoms with Crippen LogP contribution in [-0.4, -0.2) is 62.6 Å². The number of nitrogens with two attached hydrogens (primary N) is 1. The fourth-order valence-electron chi connectivity index (χ4n) is 4.14. The largest absolute Gasteiger partial charge is 0.490 e. The zero-order chi connectivity index (χ0) is 30.0. The summed E-state index contributed by atoms with van der Waals surface area (Å²) in [5, 5.41) is 3.45. The fraction of sp³-hybridized carbons (Fsp3) is 0.412. The van der Waals surface area contributed by atoms with Gasteiger partial charge in [0.25, 0.3) is 0 Å². The van der Waals surface area contributed by atoms with Crippen molar-refractivity contribution < 1.29 is 55.9 Å². The highest BCUT2D eigenvalue weighted by molar-refractivity contribution is 7.66. The molecule has 0 spiro atoms. The lowest BCUT2D eigenvalue weighted by Gasteiger charge is -2.21. The molecule has 3 aromatic rings. The molecule has 0 radical (unpaired) electrons. The van der Waals surface area contributed by atoms with Crippen molar-refractivity contribution in [2.75, 3.05) is 12.3 Å². The summed E-state index contributed by atoms with van der Waals surface area (Å²) in [6, 6.07) is 1.56. The molecule has 0 amide bonds. The Morgan fingerprint density at radius 1 is 1.22 bits per heavy atom. The molecule has 5 atom stereocenters. The Morgan fingerprint density at radius 2 is 1.98 bits per heavy atom. The Hall–Kier alpha value is -3.02. The molecule has 21 nitrogen and oxygen atoms in total. The number of carbonyl (C=O) groups excluding carboxylic acids is 1. The first-order valence-corrected chi connectivity index (χ1v) is 15.8. The average Bonchev–Trinajstić information content (AvgIpc) is 3.58. The normalized spacial score (nSPS) is 22.2. The van der Waals surface area contributed by atoms with Crippen LogP contribution < -0.4 is 5.73 Å². The van der Waals surface area contributed by atoms with Gasteiger partial charge in [-0.3, -0.25) is 13.9 Å². The van der Waals surface area contributed by atoms with Gasteiger partial charge < -0.3 is 35.0 Å². The number of rotatable bonds is 13. The van der Waals surface area contributed by atoms with Crippen LogP contribution in [0.3, 0.4) is 0 Å². The first-order valence-electron chi connectivity index (χ1n) is 11.2. The van der Waals surface area contributed by atoms with Crippen molar-refractivity contribution in [2.45, 2.75) is 31.7 Å². The summed E-state index contributed by atoms with van der Waals surface area (Å²) < 4.78 is 54.5. The number of phosphoric ester groups is 1. The summed E-state index contributed by atoms with van der Waals surface area (Å²) in [7, 11) is -16.8. The second-order valence-electron chi connectivity index (χ2n) is 8.49. The Labute approximate surface area is 228 Å². The van der Waals surface area contributed by atoms with E-state index < -0.39 is 54.1 Å². The number of aromatic nitrogens is 5. The number of hydrogen-bond donors (Lipinski definition) is 6. The van der Waals surface area contributed by atoms with Crippen LogP contribution in [0.2, 0.25) is 0 Å². The predicted molar refractivity (Wildman–Crippen MR) is 134 cm³/mol. The molecule has 0 bridgehead atoms. The van der Waals surface area contributed by atoms with Gasteiger partial charge in [-0.1, -0.05) is 5.11 Å². The molecule has 3 unspecified atom stereocenters. The molecule has 1 aliphatic rings. The minimum absolute atomic E-state index is 0.0948. The maximum absolute atomic E-state index is 13.2. The highest BCUT2D eigenvalue weighted by Crippen LogP contribution is 2.66. The fourth-order valence-corrected chi connectivity index (χ4v) is 7.17. The van der Waals surface area contributed by atoms with Crippen molar-refractivity contribution in [3.63, 3.8) is 0 Å². The lowest BCUT2D eigenvalue weighted by molar-refractivity contribution is -0.0287. The average molecular weight is 637 g/mol. The molecule has 0 saturated carbocycles. The van der Waals surface area contributed by atoms with E-state index >= 15 is 0 Å². The van der Waals surface area contributed by atoms with Gasteiger partial charge in [0.2, 0.25) is 0 Å². The molecule has 1 fully saturated rings. The number of azide groups is 1. The summed E-state index contributed by atoms with van der Waals surface area (Å²) in [5.41, 5.74) is 15.6. The highest BCUT2D eigenvalue weighted by atomic mass is 31.3. The number of Topliss-reactive ketones (excluding diaryl/α,β-unsaturated/α-hetero) is 1. The maximum atomic E-state index is 13.2. The lowest BCUT2D eigenvalue weighted by Crippen LogP contribution is -2.25. The molecule has 7 N–H and O–H groups in total. The number of nitrogen functional groups attached to an aromatic ring is 1. The van der Waals surface area contributed by atoms with Crippen molar-refractivity contribution in [3.05, 3.63) is 46.6 Å². The molecular weight excluding hydrogens is 615 g/mol. The number of nitrogens with zero attached hydrogens (tertiary/aromatic N) is 7. The summed E-state index contributed by atoms with van der Waals surface area (Å²) in [6.45, 7) is -0.874. The Kier molecular flexibility index (Phi) is 9.10. The molecule has 3 aromatic heterocycles. The summed E-state index contributed by atoms with van der Waals surface area (Å²) in [6.07, 6.45) is 2.03. The second-order valence-corrected chi connectivity index (χ2v) is 12.9. The minimum atomic E-state index is -5.74. The molecule has 1 saturated heterocycles. The standard InChI is InChI=1S/C17H22N9O12P3/c18-16-15-17(22-7-21-16)26(8-23-15)13-4-10(3-11(27)14-9(1-2-20-14)5-24-25-19)12(36-13)6-35-40(31,32)38-41(33,34)37-39(28,29)30/h1-2,7-8,10,12-13,20H,3-6H2,(H,31,32)(H,33,34)(H2,18,21,22)(H2,28,29,30)/t10?,12-,13-/m1/s1. The Bertz CT molecular complexity index is 1630. The van der Waals surface area contributed by atoms with Gasteiger partial charge in [-0.25, -0.2) is 28.6 Å². The van der Waals surface area contributed by atoms with E-state index in [4.69, 9.17) is 30.3 Å². The van der Waals surface area contributed by atoms with E-state index in [0.717, 1.165) is 0 Å². The van der Waals surface area contributed by atoms with Crippen LogP contribution in [-0.2, 0) is 38.1 Å². The third-order valence-electron chi connectivity index (χ3n) is 5.74. The monoisotopic (exact) mass is 637 g/mol. The van der Waals surface area contributed by atoms with Crippen molar-refractivity contribution in [1.29, 1.82) is 0 Å². The molecule has 4 heterocycles. The van der Waals surface area contributed by atoms with Crippen molar-refractivity contribution >= 4 is 46.2 Å². The van der Waals surface area contributed by atoms with Crippen LogP contribution >= 0.6 is 23.5 Å².